The number of aromatic nitrogens is 4. The lowest BCUT2D eigenvalue weighted by Gasteiger charge is -2.18. The number of aryl methyl sites for hydroxylation is 2. The minimum atomic E-state index is 0.103. The summed E-state index contributed by atoms with van der Waals surface area (Å²) < 4.78 is 3.98. The minimum Gasteiger partial charge on any atom is -0.341 e. The Morgan fingerprint density at radius 1 is 1.11 bits per heavy atom. The summed E-state index contributed by atoms with van der Waals surface area (Å²) in [6.07, 6.45) is 2.40. The number of nitrogens with zero attached hydrogens (tertiary/aromatic N) is 5. The van der Waals surface area contributed by atoms with Gasteiger partial charge in [0.1, 0.15) is 0 Å². The van der Waals surface area contributed by atoms with Gasteiger partial charge in [0, 0.05) is 36.5 Å². The van der Waals surface area contributed by atoms with Crippen LogP contribution in [-0.4, -0.2) is 38.2 Å². The van der Waals surface area contributed by atoms with E-state index in [1.54, 1.807) is 11.8 Å². The van der Waals surface area contributed by atoms with E-state index in [-0.39, 0.29) is 4.87 Å². The molecule has 0 aliphatic carbocycles. The van der Waals surface area contributed by atoms with Crippen LogP contribution in [-0.2, 0) is 6.54 Å². The first-order valence-electron chi connectivity index (χ1n) is 9.18. The quantitative estimate of drug-likeness (QED) is 0.592. The molecule has 3 heterocycles. The number of benzene rings is 1. The van der Waals surface area contributed by atoms with Gasteiger partial charge < -0.3 is 9.47 Å². The maximum atomic E-state index is 11.9. The first-order chi connectivity index (χ1) is 13.1. The van der Waals surface area contributed by atoms with Crippen molar-refractivity contribution >= 4 is 29.0 Å². The lowest BCUT2D eigenvalue weighted by molar-refractivity contribution is 0.728. The van der Waals surface area contributed by atoms with E-state index < -0.39 is 0 Å². The van der Waals surface area contributed by atoms with Crippen LogP contribution in [0.15, 0.2) is 39.6 Å². The van der Waals surface area contributed by atoms with Gasteiger partial charge in [0.25, 0.3) is 0 Å². The number of hydrogen-bond acceptors (Lipinski definition) is 6. The third-order valence-corrected chi connectivity index (χ3v) is 6.61. The molecule has 1 saturated heterocycles. The van der Waals surface area contributed by atoms with Crippen LogP contribution in [0.25, 0.3) is 5.69 Å². The maximum Gasteiger partial charge on any atom is 0.307 e. The SMILES string of the molecule is Cc1ccc(-n2c(SCCn3c(C)csc3=O)nnc2N2CCCC2)cc1. The Balaban J connectivity index is 1.60. The molecule has 3 aromatic rings. The molecule has 0 bridgehead atoms. The van der Waals surface area contributed by atoms with Crippen LogP contribution >= 0.6 is 23.1 Å². The molecule has 0 atom stereocenters. The summed E-state index contributed by atoms with van der Waals surface area (Å²) >= 11 is 2.91. The van der Waals surface area contributed by atoms with Gasteiger partial charge in [-0.05, 0) is 38.8 Å². The molecule has 1 aliphatic rings. The van der Waals surface area contributed by atoms with Crippen LogP contribution in [0.5, 0.6) is 0 Å². The predicted molar refractivity (Wildman–Crippen MR) is 112 cm³/mol. The van der Waals surface area contributed by atoms with E-state index in [1.165, 1.54) is 29.7 Å². The highest BCUT2D eigenvalue weighted by Crippen LogP contribution is 2.28. The average Bonchev–Trinajstić information content (AvgIpc) is 3.39. The van der Waals surface area contributed by atoms with Crippen LogP contribution in [0, 0.1) is 13.8 Å². The van der Waals surface area contributed by atoms with Crippen LogP contribution in [0.2, 0.25) is 0 Å². The fourth-order valence-electron chi connectivity index (χ4n) is 3.30. The first kappa shape index (κ1) is 18.3. The zero-order chi connectivity index (χ0) is 18.8. The summed E-state index contributed by atoms with van der Waals surface area (Å²) in [6.45, 7) is 6.80. The fraction of sp³-hybridized carbons (Fsp3) is 0.421. The van der Waals surface area contributed by atoms with Crippen molar-refractivity contribution in [3.63, 3.8) is 0 Å². The van der Waals surface area contributed by atoms with E-state index in [4.69, 9.17) is 0 Å². The summed E-state index contributed by atoms with van der Waals surface area (Å²) in [4.78, 5) is 14.3. The molecule has 8 heteroatoms. The molecular weight excluding hydrogens is 378 g/mol. The fourth-order valence-corrected chi connectivity index (χ4v) is 4.93. The van der Waals surface area contributed by atoms with Gasteiger partial charge in [0.15, 0.2) is 5.16 Å². The Hall–Kier alpha value is -2.06. The summed E-state index contributed by atoms with van der Waals surface area (Å²) in [6, 6.07) is 8.48. The smallest absolute Gasteiger partial charge is 0.307 e. The van der Waals surface area contributed by atoms with Crippen molar-refractivity contribution < 1.29 is 0 Å². The minimum absolute atomic E-state index is 0.103. The number of anilines is 1. The second-order valence-corrected chi connectivity index (χ2v) is 8.67. The molecule has 6 nitrogen and oxygen atoms in total. The van der Waals surface area contributed by atoms with Gasteiger partial charge in [-0.2, -0.15) is 0 Å². The maximum absolute atomic E-state index is 11.9. The number of rotatable bonds is 6. The number of thiazole rings is 1. The summed E-state index contributed by atoms with van der Waals surface area (Å²) in [5.74, 6) is 1.70. The highest BCUT2D eigenvalue weighted by atomic mass is 32.2. The van der Waals surface area contributed by atoms with Crippen LogP contribution < -0.4 is 9.77 Å². The summed E-state index contributed by atoms with van der Waals surface area (Å²) in [5.41, 5.74) is 3.33. The third-order valence-electron chi connectivity index (χ3n) is 4.82. The zero-order valence-electron chi connectivity index (χ0n) is 15.6. The first-order valence-corrected chi connectivity index (χ1v) is 11.0. The summed E-state index contributed by atoms with van der Waals surface area (Å²) in [7, 11) is 0. The van der Waals surface area contributed by atoms with E-state index in [0.29, 0.717) is 6.54 Å². The van der Waals surface area contributed by atoms with Crippen molar-refractivity contribution in [2.75, 3.05) is 23.7 Å². The molecular formula is C19H23N5OS2. The van der Waals surface area contributed by atoms with Crippen molar-refractivity contribution in [3.8, 4) is 5.69 Å². The van der Waals surface area contributed by atoms with Gasteiger partial charge in [0.2, 0.25) is 5.95 Å². The molecule has 1 aromatic carbocycles. The Kier molecular flexibility index (Phi) is 5.36. The molecule has 1 aliphatic heterocycles. The molecule has 2 aromatic heterocycles. The standard InChI is InChI=1S/C19H23N5OS2/c1-14-5-7-16(8-6-14)24-17(22-9-3-4-10-22)20-21-18(24)26-12-11-23-15(2)13-27-19(23)25/h5-8,13H,3-4,9-12H2,1-2H3. The molecule has 142 valence electrons. The van der Waals surface area contributed by atoms with E-state index in [9.17, 15) is 4.79 Å². The third kappa shape index (κ3) is 3.82. The molecule has 4 rings (SSSR count). The second kappa shape index (κ2) is 7.90. The molecule has 0 saturated carbocycles. The number of thioether (sulfide) groups is 1. The Labute approximate surface area is 166 Å². The predicted octanol–water partition coefficient (Wildman–Crippen LogP) is 3.50. The Morgan fingerprint density at radius 3 is 2.52 bits per heavy atom. The van der Waals surface area contributed by atoms with Gasteiger partial charge in [-0.15, -0.1) is 10.2 Å². The molecule has 0 radical (unpaired) electrons. The average molecular weight is 402 g/mol. The highest BCUT2D eigenvalue weighted by molar-refractivity contribution is 7.99. The second-order valence-electron chi connectivity index (χ2n) is 6.79. The molecule has 0 unspecified atom stereocenters. The van der Waals surface area contributed by atoms with Crippen molar-refractivity contribution in [1.29, 1.82) is 0 Å². The van der Waals surface area contributed by atoms with Gasteiger partial charge in [-0.3, -0.25) is 9.36 Å². The normalized spacial score (nSPS) is 14.2. The van der Waals surface area contributed by atoms with Crippen LogP contribution in [0.1, 0.15) is 24.1 Å². The molecule has 0 spiro atoms. The topological polar surface area (TPSA) is 56.0 Å². The Morgan fingerprint density at radius 2 is 1.85 bits per heavy atom. The molecule has 1 fully saturated rings. The summed E-state index contributed by atoms with van der Waals surface area (Å²) in [5, 5.41) is 11.8. The largest absolute Gasteiger partial charge is 0.341 e. The molecule has 27 heavy (non-hydrogen) atoms. The highest BCUT2D eigenvalue weighted by Gasteiger charge is 2.22. The van der Waals surface area contributed by atoms with Crippen LogP contribution in [0.3, 0.4) is 0 Å². The monoisotopic (exact) mass is 401 g/mol. The Bertz CT molecular complexity index is 967. The van der Waals surface area contributed by atoms with Crippen LogP contribution in [0.4, 0.5) is 5.95 Å². The van der Waals surface area contributed by atoms with Gasteiger partial charge in [-0.1, -0.05) is 40.8 Å². The van der Waals surface area contributed by atoms with E-state index >= 15 is 0 Å². The van der Waals surface area contributed by atoms with Gasteiger partial charge in [0.05, 0.1) is 5.69 Å². The van der Waals surface area contributed by atoms with E-state index in [1.807, 2.05) is 16.9 Å². The van der Waals surface area contributed by atoms with E-state index in [2.05, 4.69) is 50.9 Å². The van der Waals surface area contributed by atoms with Gasteiger partial charge in [-0.25, -0.2) is 0 Å². The van der Waals surface area contributed by atoms with Crippen molar-refractivity contribution in [2.45, 2.75) is 38.4 Å². The lowest BCUT2D eigenvalue weighted by atomic mass is 10.2. The molecule has 0 amide bonds. The van der Waals surface area contributed by atoms with E-state index in [0.717, 1.165) is 41.3 Å². The lowest BCUT2D eigenvalue weighted by Crippen LogP contribution is -2.22. The van der Waals surface area contributed by atoms with Crippen molar-refractivity contribution in [1.82, 2.24) is 19.3 Å². The molecule has 0 N–H and O–H groups in total. The van der Waals surface area contributed by atoms with Gasteiger partial charge >= 0.3 is 4.87 Å². The number of hydrogen-bond donors (Lipinski definition) is 0. The van der Waals surface area contributed by atoms with Crippen molar-refractivity contribution in [3.05, 3.63) is 50.6 Å². The zero-order valence-corrected chi connectivity index (χ0v) is 17.2. The van der Waals surface area contributed by atoms with Crippen molar-refractivity contribution in [2.24, 2.45) is 0 Å².